The molecule has 1 aromatic carbocycles. The number of carbonyl (C=O) groups is 2. The molecular formula is C20H24N2O2. The number of benzene rings is 1. The zero-order valence-electron chi connectivity index (χ0n) is 14.9. The Bertz CT molecular complexity index is 705. The van der Waals surface area contributed by atoms with Crippen molar-refractivity contribution in [3.63, 3.8) is 0 Å². The van der Waals surface area contributed by atoms with Gasteiger partial charge in [0.15, 0.2) is 5.78 Å². The minimum absolute atomic E-state index is 0.103. The van der Waals surface area contributed by atoms with Crippen LogP contribution < -0.4 is 5.32 Å². The summed E-state index contributed by atoms with van der Waals surface area (Å²) in [6.07, 6.45) is 3.75. The molecule has 2 rings (SSSR count). The van der Waals surface area contributed by atoms with Gasteiger partial charge in [-0.2, -0.15) is 0 Å². The van der Waals surface area contributed by atoms with Crippen LogP contribution in [0.25, 0.3) is 0 Å². The van der Waals surface area contributed by atoms with Crippen molar-refractivity contribution in [2.45, 2.75) is 34.6 Å². The molecule has 0 fully saturated rings. The molecule has 1 amide bonds. The van der Waals surface area contributed by atoms with E-state index in [1.807, 2.05) is 64.1 Å². The van der Waals surface area contributed by atoms with Crippen LogP contribution in [0, 0.1) is 11.8 Å². The number of anilines is 1. The lowest BCUT2D eigenvalue weighted by molar-refractivity contribution is -0.114. The van der Waals surface area contributed by atoms with E-state index in [4.69, 9.17) is 0 Å². The number of allylic oxidation sites excluding steroid dienone is 4. The summed E-state index contributed by atoms with van der Waals surface area (Å²) in [5.74, 6) is 0.341. The zero-order chi connectivity index (χ0) is 17.9. The van der Waals surface area contributed by atoms with E-state index in [1.54, 1.807) is 0 Å². The molecule has 0 unspecified atom stereocenters. The van der Waals surface area contributed by atoms with Gasteiger partial charge < -0.3 is 5.32 Å². The Balaban J connectivity index is 2.35. The Morgan fingerprint density at radius 2 is 1.46 bits per heavy atom. The number of Topliss-reactive ketones (excluding diaryl/α,β-unsaturated/α-hetero) is 1. The lowest BCUT2D eigenvalue weighted by Crippen LogP contribution is -2.20. The van der Waals surface area contributed by atoms with E-state index in [0.29, 0.717) is 0 Å². The molecule has 4 nitrogen and oxygen atoms in total. The Kier molecular flexibility index (Phi) is 5.50. The number of hydrogen-bond donors (Lipinski definition) is 1. The van der Waals surface area contributed by atoms with Gasteiger partial charge in [0.2, 0.25) is 5.91 Å². The largest absolute Gasteiger partial charge is 0.326 e. The molecule has 0 bridgehead atoms. The smallest absolute Gasteiger partial charge is 0.221 e. The highest BCUT2D eigenvalue weighted by Gasteiger charge is 2.24. The third-order valence-corrected chi connectivity index (χ3v) is 3.82. The molecule has 0 saturated carbocycles. The fraction of sp³-hybridized carbons (Fsp3) is 0.350. The number of amides is 1. The van der Waals surface area contributed by atoms with E-state index in [2.05, 4.69) is 10.3 Å². The molecule has 0 atom stereocenters. The van der Waals surface area contributed by atoms with Gasteiger partial charge in [-0.1, -0.05) is 27.7 Å². The van der Waals surface area contributed by atoms with Crippen molar-refractivity contribution in [1.29, 1.82) is 0 Å². The summed E-state index contributed by atoms with van der Waals surface area (Å²) in [5.41, 5.74) is 3.91. The lowest BCUT2D eigenvalue weighted by atomic mass is 9.84. The fourth-order valence-electron chi connectivity index (χ4n) is 2.55. The number of rotatable bonds is 4. The standard InChI is InChI=1S/C20H24N2O2/c1-12(2)18-10-17(11-19(13(3)4)20(18)24)22-16-8-6-15(7-9-16)21-14(5)23/h6-13H,1-5H3,(H,21,23). The van der Waals surface area contributed by atoms with E-state index < -0.39 is 0 Å². The van der Waals surface area contributed by atoms with Gasteiger partial charge in [-0.15, -0.1) is 0 Å². The van der Waals surface area contributed by atoms with Gasteiger partial charge in [0.1, 0.15) is 0 Å². The molecule has 4 heteroatoms. The topological polar surface area (TPSA) is 58.5 Å². The summed E-state index contributed by atoms with van der Waals surface area (Å²) in [6.45, 7) is 9.56. The van der Waals surface area contributed by atoms with Crippen molar-refractivity contribution in [1.82, 2.24) is 0 Å². The third-order valence-electron chi connectivity index (χ3n) is 3.82. The van der Waals surface area contributed by atoms with Crippen LogP contribution in [-0.4, -0.2) is 17.4 Å². The molecule has 126 valence electrons. The molecule has 0 spiro atoms. The number of nitrogens with zero attached hydrogens (tertiary/aromatic N) is 1. The second-order valence-corrected chi connectivity index (χ2v) is 6.60. The maximum Gasteiger partial charge on any atom is 0.221 e. The van der Waals surface area contributed by atoms with Gasteiger partial charge in [0.25, 0.3) is 0 Å². The minimum atomic E-state index is -0.103. The summed E-state index contributed by atoms with van der Waals surface area (Å²) in [6, 6.07) is 7.32. The molecular weight excluding hydrogens is 300 g/mol. The SMILES string of the molecule is CC(=O)Nc1ccc(N=C2C=C(C(C)C)C(=O)C(C(C)C)=C2)cc1. The van der Waals surface area contributed by atoms with Crippen molar-refractivity contribution in [2.75, 3.05) is 5.32 Å². The van der Waals surface area contributed by atoms with Gasteiger partial charge in [0, 0.05) is 23.8 Å². The van der Waals surface area contributed by atoms with Gasteiger partial charge in [-0.05, 0) is 48.3 Å². The summed E-state index contributed by atoms with van der Waals surface area (Å²) >= 11 is 0. The number of nitrogens with one attached hydrogen (secondary N) is 1. The Morgan fingerprint density at radius 1 is 0.958 bits per heavy atom. The lowest BCUT2D eigenvalue weighted by Gasteiger charge is -2.20. The van der Waals surface area contributed by atoms with Crippen LogP contribution in [0.2, 0.25) is 0 Å². The van der Waals surface area contributed by atoms with Crippen LogP contribution in [0.1, 0.15) is 34.6 Å². The molecule has 1 aliphatic rings. The molecule has 1 aromatic rings. The van der Waals surface area contributed by atoms with Gasteiger partial charge in [0.05, 0.1) is 11.4 Å². The normalized spacial score (nSPS) is 14.6. The number of ketones is 1. The number of hydrogen-bond acceptors (Lipinski definition) is 3. The van der Waals surface area contributed by atoms with Crippen molar-refractivity contribution < 1.29 is 9.59 Å². The van der Waals surface area contributed by atoms with E-state index in [0.717, 1.165) is 28.2 Å². The first-order chi connectivity index (χ1) is 11.3. The van der Waals surface area contributed by atoms with Crippen LogP contribution >= 0.6 is 0 Å². The first kappa shape index (κ1) is 17.9. The van der Waals surface area contributed by atoms with Crippen molar-refractivity contribution in [3.05, 3.63) is 47.6 Å². The summed E-state index contributed by atoms with van der Waals surface area (Å²) in [7, 11) is 0. The third kappa shape index (κ3) is 4.28. The summed E-state index contributed by atoms with van der Waals surface area (Å²) in [5, 5.41) is 2.73. The van der Waals surface area contributed by atoms with E-state index in [-0.39, 0.29) is 23.5 Å². The second-order valence-electron chi connectivity index (χ2n) is 6.60. The van der Waals surface area contributed by atoms with E-state index in [9.17, 15) is 9.59 Å². The highest BCUT2D eigenvalue weighted by Crippen LogP contribution is 2.26. The highest BCUT2D eigenvalue weighted by atomic mass is 16.1. The van der Waals surface area contributed by atoms with Crippen molar-refractivity contribution in [2.24, 2.45) is 16.8 Å². The van der Waals surface area contributed by atoms with Crippen LogP contribution in [-0.2, 0) is 9.59 Å². The quantitative estimate of drug-likeness (QED) is 0.831. The Hall–Kier alpha value is -2.49. The molecule has 0 radical (unpaired) electrons. The van der Waals surface area contributed by atoms with Crippen LogP contribution in [0.5, 0.6) is 0 Å². The van der Waals surface area contributed by atoms with Crippen LogP contribution in [0.15, 0.2) is 52.6 Å². The zero-order valence-corrected chi connectivity index (χ0v) is 14.9. The summed E-state index contributed by atoms with van der Waals surface area (Å²) in [4.78, 5) is 28.2. The van der Waals surface area contributed by atoms with Gasteiger partial charge >= 0.3 is 0 Å². The number of aliphatic imine (C=N–C) groups is 1. The van der Waals surface area contributed by atoms with Crippen LogP contribution in [0.3, 0.4) is 0 Å². The first-order valence-corrected chi connectivity index (χ1v) is 8.22. The van der Waals surface area contributed by atoms with Gasteiger partial charge in [-0.3, -0.25) is 9.59 Å². The van der Waals surface area contributed by atoms with E-state index in [1.165, 1.54) is 6.92 Å². The minimum Gasteiger partial charge on any atom is -0.326 e. The highest BCUT2D eigenvalue weighted by molar-refractivity contribution is 6.22. The number of carbonyl (C=O) groups excluding carboxylic acids is 2. The molecule has 24 heavy (non-hydrogen) atoms. The maximum atomic E-state index is 12.5. The fourth-order valence-corrected chi connectivity index (χ4v) is 2.55. The molecule has 0 aliphatic heterocycles. The Morgan fingerprint density at radius 3 is 1.88 bits per heavy atom. The van der Waals surface area contributed by atoms with E-state index >= 15 is 0 Å². The average Bonchev–Trinajstić information content (AvgIpc) is 2.49. The average molecular weight is 324 g/mol. The second kappa shape index (κ2) is 7.39. The predicted molar refractivity (Wildman–Crippen MR) is 98.7 cm³/mol. The maximum absolute atomic E-state index is 12.5. The Labute approximate surface area is 143 Å². The van der Waals surface area contributed by atoms with Crippen molar-refractivity contribution >= 4 is 28.8 Å². The monoisotopic (exact) mass is 324 g/mol. The molecule has 0 heterocycles. The van der Waals surface area contributed by atoms with Crippen LogP contribution in [0.4, 0.5) is 11.4 Å². The molecule has 0 saturated heterocycles. The molecule has 1 N–H and O–H groups in total. The molecule has 0 aromatic heterocycles. The molecule has 1 aliphatic carbocycles. The van der Waals surface area contributed by atoms with Crippen molar-refractivity contribution in [3.8, 4) is 0 Å². The predicted octanol–water partition coefficient (Wildman–Crippen LogP) is 4.47. The summed E-state index contributed by atoms with van der Waals surface area (Å²) < 4.78 is 0. The van der Waals surface area contributed by atoms with Gasteiger partial charge in [-0.25, -0.2) is 4.99 Å². The first-order valence-electron chi connectivity index (χ1n) is 8.22.